The number of hydrogen-bond donors (Lipinski definition) is 0. The van der Waals surface area contributed by atoms with Gasteiger partial charge in [0, 0.05) is 12.6 Å². The summed E-state index contributed by atoms with van der Waals surface area (Å²) >= 11 is 0. The van der Waals surface area contributed by atoms with Crippen molar-refractivity contribution in [2.45, 2.75) is 51.0 Å². The number of carbonyl (C=O) groups excluding carboxylic acids is 1. The number of carbonyl (C=O) groups is 1. The summed E-state index contributed by atoms with van der Waals surface area (Å²) in [5, 5.41) is 0. The van der Waals surface area contributed by atoms with Crippen molar-refractivity contribution in [3.63, 3.8) is 0 Å². The Hall–Kier alpha value is -0.670. The van der Waals surface area contributed by atoms with E-state index in [0.717, 1.165) is 32.1 Å². The molecule has 1 amide bonds. The molecule has 2 fully saturated rings. The smallest absolute Gasteiger partial charge is 0.315 e. The molecule has 1 saturated carbocycles. The van der Waals surface area contributed by atoms with E-state index in [0.29, 0.717) is 12.5 Å². The molecular weight excluding hydrogens is 200 g/mol. The van der Waals surface area contributed by atoms with Crippen molar-refractivity contribution in [2.75, 3.05) is 6.54 Å². The minimum absolute atomic E-state index is 0.106. The molecule has 4 heteroatoms. The van der Waals surface area contributed by atoms with Crippen LogP contribution in [0.25, 0.3) is 0 Å². The fraction of sp³-hybridized carbons (Fsp3) is 0.909. The first kappa shape index (κ1) is 10.8. The van der Waals surface area contributed by atoms with Crippen LogP contribution in [0.5, 0.6) is 0 Å². The van der Waals surface area contributed by atoms with Crippen molar-refractivity contribution >= 4 is 5.91 Å². The van der Waals surface area contributed by atoms with Crippen molar-refractivity contribution < 1.29 is 13.6 Å². The number of nitrogens with zero attached hydrogens (tertiary/aromatic N) is 1. The van der Waals surface area contributed by atoms with E-state index in [2.05, 4.69) is 0 Å². The van der Waals surface area contributed by atoms with Gasteiger partial charge in [-0.2, -0.15) is 8.78 Å². The van der Waals surface area contributed by atoms with Gasteiger partial charge in [0.1, 0.15) is 0 Å². The fourth-order valence-corrected chi connectivity index (χ4v) is 3.02. The van der Waals surface area contributed by atoms with E-state index in [1.807, 2.05) is 0 Å². The van der Waals surface area contributed by atoms with Gasteiger partial charge in [0.15, 0.2) is 0 Å². The number of rotatable bonds is 1. The number of piperidine rings is 1. The second-order valence-corrected chi connectivity index (χ2v) is 4.59. The Bertz CT molecular complexity index is 243. The molecule has 1 heterocycles. The average Bonchev–Trinajstić information content (AvgIpc) is 2.27. The Morgan fingerprint density at radius 2 is 1.80 bits per heavy atom. The molecule has 15 heavy (non-hydrogen) atoms. The summed E-state index contributed by atoms with van der Waals surface area (Å²) in [6, 6.07) is 0.106. The number of alkyl halides is 2. The van der Waals surface area contributed by atoms with E-state index < -0.39 is 12.3 Å². The predicted octanol–water partition coefficient (Wildman–Crippen LogP) is 2.43. The highest BCUT2D eigenvalue weighted by molar-refractivity contribution is 5.79. The molecule has 1 aliphatic carbocycles. The molecular formula is C11H17F2NO. The topological polar surface area (TPSA) is 20.3 Å². The highest BCUT2D eigenvalue weighted by Crippen LogP contribution is 2.35. The zero-order valence-corrected chi connectivity index (χ0v) is 8.79. The maximum atomic E-state index is 12.4. The van der Waals surface area contributed by atoms with Gasteiger partial charge >= 0.3 is 6.43 Å². The molecule has 0 N–H and O–H groups in total. The highest BCUT2D eigenvalue weighted by Gasteiger charge is 2.38. The number of hydrogen-bond acceptors (Lipinski definition) is 1. The predicted molar refractivity (Wildman–Crippen MR) is 52.7 cm³/mol. The summed E-state index contributed by atoms with van der Waals surface area (Å²) in [6.45, 7) is 0.532. The lowest BCUT2D eigenvalue weighted by Gasteiger charge is -2.43. The van der Waals surface area contributed by atoms with Crippen molar-refractivity contribution in [1.29, 1.82) is 0 Å². The Kier molecular flexibility index (Phi) is 3.22. The zero-order chi connectivity index (χ0) is 10.8. The molecule has 2 unspecified atom stereocenters. The van der Waals surface area contributed by atoms with Crippen LogP contribution in [0.1, 0.15) is 38.5 Å². The molecule has 2 nitrogen and oxygen atoms in total. The van der Waals surface area contributed by atoms with Crippen LogP contribution in [0.2, 0.25) is 0 Å². The van der Waals surface area contributed by atoms with Gasteiger partial charge < -0.3 is 4.90 Å². The minimum atomic E-state index is -2.83. The number of amides is 1. The van der Waals surface area contributed by atoms with Crippen LogP contribution in [-0.4, -0.2) is 29.8 Å². The summed E-state index contributed by atoms with van der Waals surface area (Å²) in [6.07, 6.45) is 3.47. The molecule has 0 aromatic rings. The van der Waals surface area contributed by atoms with Gasteiger partial charge in [-0.05, 0) is 31.6 Å². The maximum Gasteiger partial charge on any atom is 0.315 e. The van der Waals surface area contributed by atoms with Gasteiger partial charge in [0.25, 0.3) is 5.91 Å². The van der Waals surface area contributed by atoms with Gasteiger partial charge in [-0.15, -0.1) is 0 Å². The van der Waals surface area contributed by atoms with Crippen LogP contribution in [0, 0.1) is 5.92 Å². The summed E-state index contributed by atoms with van der Waals surface area (Å²) < 4.78 is 24.8. The molecule has 0 spiro atoms. The number of fused-ring (bicyclic) bond motifs is 1. The Balaban J connectivity index is 2.06. The molecule has 0 aromatic heterocycles. The molecule has 0 aromatic carbocycles. The highest BCUT2D eigenvalue weighted by atomic mass is 19.3. The maximum absolute atomic E-state index is 12.4. The lowest BCUT2D eigenvalue weighted by molar-refractivity contribution is -0.149. The lowest BCUT2D eigenvalue weighted by Crippen LogP contribution is -2.51. The third-order valence-corrected chi connectivity index (χ3v) is 3.71. The first-order valence-electron chi connectivity index (χ1n) is 5.79. The summed E-state index contributed by atoms with van der Waals surface area (Å²) in [5.74, 6) is -0.471. The fourth-order valence-electron chi connectivity index (χ4n) is 3.02. The third-order valence-electron chi connectivity index (χ3n) is 3.71. The zero-order valence-electron chi connectivity index (χ0n) is 8.79. The second-order valence-electron chi connectivity index (χ2n) is 4.59. The molecule has 2 aliphatic rings. The minimum Gasteiger partial charge on any atom is -0.334 e. The van der Waals surface area contributed by atoms with Gasteiger partial charge in [-0.25, -0.2) is 0 Å². The Morgan fingerprint density at radius 3 is 2.53 bits per heavy atom. The summed E-state index contributed by atoms with van der Waals surface area (Å²) in [4.78, 5) is 12.8. The van der Waals surface area contributed by atoms with Crippen molar-refractivity contribution in [3.05, 3.63) is 0 Å². The van der Waals surface area contributed by atoms with E-state index >= 15 is 0 Å². The van der Waals surface area contributed by atoms with Crippen LogP contribution >= 0.6 is 0 Å². The van der Waals surface area contributed by atoms with Crippen LogP contribution < -0.4 is 0 Å². The van der Waals surface area contributed by atoms with E-state index in [1.165, 1.54) is 11.3 Å². The van der Waals surface area contributed by atoms with Crippen molar-refractivity contribution in [1.82, 2.24) is 4.90 Å². The largest absolute Gasteiger partial charge is 0.334 e. The van der Waals surface area contributed by atoms with Crippen molar-refractivity contribution in [3.8, 4) is 0 Å². The van der Waals surface area contributed by atoms with Crippen LogP contribution in [-0.2, 0) is 4.79 Å². The van der Waals surface area contributed by atoms with Crippen molar-refractivity contribution in [2.24, 2.45) is 5.92 Å². The quantitative estimate of drug-likeness (QED) is 0.660. The van der Waals surface area contributed by atoms with E-state index in [9.17, 15) is 13.6 Å². The van der Waals surface area contributed by atoms with Gasteiger partial charge in [-0.3, -0.25) is 4.79 Å². The monoisotopic (exact) mass is 217 g/mol. The average molecular weight is 217 g/mol. The normalized spacial score (nSPS) is 31.5. The molecule has 0 bridgehead atoms. The van der Waals surface area contributed by atoms with Crippen LogP contribution in [0.4, 0.5) is 8.78 Å². The molecule has 1 saturated heterocycles. The van der Waals surface area contributed by atoms with Gasteiger partial charge in [-0.1, -0.05) is 12.8 Å². The molecule has 2 atom stereocenters. The second kappa shape index (κ2) is 4.45. The van der Waals surface area contributed by atoms with Crippen LogP contribution in [0.3, 0.4) is 0 Å². The first-order valence-corrected chi connectivity index (χ1v) is 5.79. The first-order chi connectivity index (χ1) is 7.20. The van der Waals surface area contributed by atoms with Gasteiger partial charge in [0.2, 0.25) is 0 Å². The van der Waals surface area contributed by atoms with E-state index in [4.69, 9.17) is 0 Å². The number of likely N-dealkylation sites (tertiary alicyclic amines) is 1. The Morgan fingerprint density at radius 1 is 1.13 bits per heavy atom. The molecule has 86 valence electrons. The third kappa shape index (κ3) is 2.13. The standard InChI is InChI=1S/C11H17F2NO/c12-10(13)11(15)14-7-3-5-8-4-1-2-6-9(8)14/h8-10H,1-7H2. The van der Waals surface area contributed by atoms with Gasteiger partial charge in [0.05, 0.1) is 0 Å². The summed E-state index contributed by atoms with van der Waals surface area (Å²) in [7, 11) is 0. The molecule has 0 radical (unpaired) electrons. The number of halogens is 2. The molecule has 2 rings (SSSR count). The summed E-state index contributed by atoms with van der Waals surface area (Å²) in [5.41, 5.74) is 0. The SMILES string of the molecule is O=C(C(F)F)N1CCCC2CCCCC21. The van der Waals surface area contributed by atoms with E-state index in [1.54, 1.807) is 0 Å². The molecule has 1 aliphatic heterocycles. The van der Waals surface area contributed by atoms with E-state index in [-0.39, 0.29) is 6.04 Å². The Labute approximate surface area is 88.6 Å². The van der Waals surface area contributed by atoms with Crippen LogP contribution in [0.15, 0.2) is 0 Å². The lowest BCUT2D eigenvalue weighted by atomic mass is 9.78.